The van der Waals surface area contributed by atoms with Gasteiger partial charge in [0.2, 0.25) is 21.8 Å². The topological polar surface area (TPSA) is 198 Å². The summed E-state index contributed by atoms with van der Waals surface area (Å²) in [7, 11) is -3.90. The summed E-state index contributed by atoms with van der Waals surface area (Å²) in [6.45, 7) is 11.6. The van der Waals surface area contributed by atoms with E-state index < -0.39 is 68.7 Å². The molecule has 0 radical (unpaired) electrons. The number of hydrogen-bond donors (Lipinski definition) is 4. The zero-order valence-electron chi connectivity index (χ0n) is 32.7. The molecule has 0 unspecified atom stereocenters. The molecule has 2 saturated carbocycles. The second kappa shape index (κ2) is 16.2. The molecule has 2 aliphatic heterocycles. The molecule has 4 aliphatic rings. The van der Waals surface area contributed by atoms with E-state index in [0.717, 1.165) is 35.3 Å². The molecule has 15 nitrogen and oxygen atoms in total. The number of anilines is 1. The van der Waals surface area contributed by atoms with Gasteiger partial charge in [-0.2, -0.15) is 0 Å². The van der Waals surface area contributed by atoms with Crippen LogP contribution < -0.4 is 25.4 Å². The number of cyclic esters (lactones) is 1. The number of alkyl carbamates (subject to hydrolysis) is 1. The number of amides is 4. The van der Waals surface area contributed by atoms with E-state index in [1.807, 2.05) is 37.4 Å². The Balaban J connectivity index is 1.24. The van der Waals surface area contributed by atoms with Crippen molar-refractivity contribution in [2.24, 2.45) is 11.8 Å². The van der Waals surface area contributed by atoms with Gasteiger partial charge in [0.25, 0.3) is 5.91 Å². The van der Waals surface area contributed by atoms with Gasteiger partial charge in [-0.15, -0.1) is 17.9 Å². The van der Waals surface area contributed by atoms with Crippen molar-refractivity contribution >= 4 is 61.2 Å². The fraction of sp³-hybridized carbons (Fsp3) is 0.550. The predicted octanol–water partition coefficient (Wildman–Crippen LogP) is 4.67. The molecule has 306 valence electrons. The quantitative estimate of drug-likeness (QED) is 0.207. The van der Waals surface area contributed by atoms with Crippen LogP contribution in [0.3, 0.4) is 0 Å². The number of pyridine rings is 1. The van der Waals surface area contributed by atoms with Crippen molar-refractivity contribution in [2.45, 2.75) is 114 Å². The number of sulfonamides is 1. The molecule has 4 heterocycles. The Morgan fingerprint density at radius 2 is 1.88 bits per heavy atom. The third-order valence-electron chi connectivity index (χ3n) is 11.0. The minimum atomic E-state index is -3.90. The number of benzene rings is 1. The van der Waals surface area contributed by atoms with Gasteiger partial charge in [-0.3, -0.25) is 19.1 Å². The molecule has 4 N–H and O–H groups in total. The van der Waals surface area contributed by atoms with Crippen LogP contribution in [0.25, 0.3) is 22.3 Å². The molecule has 2 aliphatic carbocycles. The number of aromatic nitrogens is 2. The van der Waals surface area contributed by atoms with Gasteiger partial charge >= 0.3 is 6.09 Å². The van der Waals surface area contributed by atoms with Gasteiger partial charge < -0.3 is 30.3 Å². The highest BCUT2D eigenvalue weighted by Gasteiger charge is 2.62. The van der Waals surface area contributed by atoms with Crippen LogP contribution in [0.5, 0.6) is 5.75 Å². The van der Waals surface area contributed by atoms with Gasteiger partial charge in [0.05, 0.1) is 29.6 Å². The number of nitrogens with one attached hydrogen (secondary N) is 4. The Morgan fingerprint density at radius 3 is 2.58 bits per heavy atom. The summed E-state index contributed by atoms with van der Waals surface area (Å²) in [6.07, 6.45) is 4.30. The first kappa shape index (κ1) is 40.4. The van der Waals surface area contributed by atoms with Crippen LogP contribution in [0.4, 0.5) is 9.93 Å². The van der Waals surface area contributed by atoms with Gasteiger partial charge in [0, 0.05) is 35.2 Å². The zero-order chi connectivity index (χ0) is 40.6. The maximum absolute atomic E-state index is 14.5. The third kappa shape index (κ3) is 8.88. The fourth-order valence-corrected chi connectivity index (χ4v) is 9.75. The zero-order valence-corrected chi connectivity index (χ0v) is 34.3. The summed E-state index contributed by atoms with van der Waals surface area (Å²) in [5.41, 5.74) is 1.49. The summed E-state index contributed by atoms with van der Waals surface area (Å²) in [5, 5.41) is 11.7. The van der Waals surface area contributed by atoms with Crippen LogP contribution in [0.1, 0.15) is 78.2 Å². The van der Waals surface area contributed by atoms with Crippen LogP contribution >= 0.6 is 11.3 Å². The summed E-state index contributed by atoms with van der Waals surface area (Å²) in [4.78, 5) is 66.5. The first-order valence-electron chi connectivity index (χ1n) is 19.7. The minimum Gasteiger partial charge on any atom is -0.488 e. The Labute approximate surface area is 336 Å². The smallest absolute Gasteiger partial charge is 0.407 e. The predicted molar refractivity (Wildman–Crippen MR) is 216 cm³/mol. The summed E-state index contributed by atoms with van der Waals surface area (Å²) >= 11 is 1.47. The molecular weight excluding hydrogens is 771 g/mol. The average molecular weight is 822 g/mol. The van der Waals surface area contributed by atoms with Crippen molar-refractivity contribution in [3.05, 3.63) is 47.9 Å². The standard InChI is InChI=1S/C40H51N7O8S2/c1-6-25-19-40(25,37(50)46-57(52,53)27-12-13-27)45-35(48)32-17-26-20-47(32)36(49)34(22(2)3)44-39(51)54-15-9-7-8-10-24-11-14-29-28(16-24)33(55-26)18-30(42-29)31-21-56-38(43-31)41-23(4)5/h6,11,14,16,18,21-23,25-27,32,34H,1,7-10,12-13,15,17,19-20H2,2-5H3,(H,41,43)(H,44,51)(H,45,48)(H,46,50)/t25-,26-,32+,34+,40-/m1/s1. The molecule has 7 rings (SSSR count). The monoisotopic (exact) mass is 821 g/mol. The van der Waals surface area contributed by atoms with Gasteiger partial charge in [0.15, 0.2) is 5.13 Å². The number of hydrogen-bond acceptors (Lipinski definition) is 12. The molecule has 57 heavy (non-hydrogen) atoms. The Bertz CT molecular complexity index is 2170. The van der Waals surface area contributed by atoms with Crippen LogP contribution in [0.2, 0.25) is 0 Å². The molecule has 0 spiro atoms. The first-order valence-corrected chi connectivity index (χ1v) is 22.2. The van der Waals surface area contributed by atoms with E-state index in [9.17, 15) is 27.6 Å². The molecule has 3 aromatic rings. The van der Waals surface area contributed by atoms with Crippen molar-refractivity contribution < 1.29 is 37.1 Å². The molecule has 1 saturated heterocycles. The van der Waals surface area contributed by atoms with Crippen LogP contribution in [0, 0.1) is 11.8 Å². The lowest BCUT2D eigenvalue weighted by Gasteiger charge is -2.31. The molecule has 4 bridgehead atoms. The summed E-state index contributed by atoms with van der Waals surface area (Å²) in [5.74, 6) is -2.39. The van der Waals surface area contributed by atoms with Crippen LogP contribution in [-0.4, -0.2) is 95.3 Å². The maximum Gasteiger partial charge on any atom is 0.407 e. The maximum atomic E-state index is 14.5. The minimum absolute atomic E-state index is 0.0188. The van der Waals surface area contributed by atoms with Crippen molar-refractivity contribution in [2.75, 3.05) is 18.5 Å². The Kier molecular flexibility index (Phi) is 11.5. The molecule has 1 aromatic carbocycles. The van der Waals surface area contributed by atoms with Gasteiger partial charge in [-0.1, -0.05) is 26.0 Å². The lowest BCUT2D eigenvalue weighted by molar-refractivity contribution is -0.141. The molecule has 4 amide bonds. The van der Waals surface area contributed by atoms with E-state index in [-0.39, 0.29) is 38.0 Å². The number of aryl methyl sites for hydroxylation is 1. The number of thiazole rings is 1. The highest BCUT2D eigenvalue weighted by Crippen LogP contribution is 2.46. The van der Waals surface area contributed by atoms with Gasteiger partial charge in [-0.05, 0) is 82.4 Å². The third-order valence-corrected chi connectivity index (χ3v) is 13.5. The number of carbonyl (C=O) groups is 4. The average Bonchev–Trinajstić information content (AvgIpc) is 4.05. The van der Waals surface area contributed by atoms with E-state index in [4.69, 9.17) is 19.4 Å². The van der Waals surface area contributed by atoms with E-state index in [1.54, 1.807) is 13.8 Å². The molecule has 5 atom stereocenters. The number of rotatable bonds is 10. The van der Waals surface area contributed by atoms with Gasteiger partial charge in [0.1, 0.15) is 35.2 Å². The highest BCUT2D eigenvalue weighted by molar-refractivity contribution is 7.91. The van der Waals surface area contributed by atoms with Crippen LogP contribution in [-0.2, 0) is 35.6 Å². The Hall–Kier alpha value is -4.77. The van der Waals surface area contributed by atoms with Crippen LogP contribution in [0.15, 0.2) is 42.3 Å². The number of fused-ring (bicyclic) bond motifs is 3. The summed E-state index contributed by atoms with van der Waals surface area (Å²) < 4.78 is 40.0. The second-order valence-electron chi connectivity index (χ2n) is 16.2. The SMILES string of the molecule is C=C[C@@H]1C[C@]1(NC(=O)[C@@H]1C[C@@H]2CN1C(=O)[C@H](C(C)C)NC(=O)OCCCCCc1ccc3nc(-c4csc(NC(C)C)n4)cc(c3c1)O2)C(=O)NS(=O)(=O)C1CC1. The molecule has 17 heteroatoms. The number of ether oxygens (including phenoxy) is 2. The second-order valence-corrected chi connectivity index (χ2v) is 19.0. The number of carbonyl (C=O) groups excluding carboxylic acids is 4. The fourth-order valence-electron chi connectivity index (χ4n) is 7.54. The van der Waals surface area contributed by atoms with E-state index in [0.29, 0.717) is 41.9 Å². The molecular formula is C40H51N7O8S2. The highest BCUT2D eigenvalue weighted by atomic mass is 32.2. The lowest BCUT2D eigenvalue weighted by Crippen LogP contribution is -2.59. The normalized spacial score (nSPS) is 25.6. The van der Waals surface area contributed by atoms with Crippen molar-refractivity contribution in [3.63, 3.8) is 0 Å². The first-order chi connectivity index (χ1) is 27.2. The van der Waals surface area contributed by atoms with Crippen molar-refractivity contribution in [1.82, 2.24) is 30.2 Å². The van der Waals surface area contributed by atoms with Crippen molar-refractivity contribution in [1.29, 1.82) is 0 Å². The van der Waals surface area contributed by atoms with E-state index in [2.05, 4.69) is 33.3 Å². The Morgan fingerprint density at radius 1 is 1.09 bits per heavy atom. The molecule has 3 fully saturated rings. The van der Waals surface area contributed by atoms with E-state index >= 15 is 0 Å². The van der Waals surface area contributed by atoms with Crippen molar-refractivity contribution in [3.8, 4) is 17.1 Å². The largest absolute Gasteiger partial charge is 0.488 e. The molecule has 2 aromatic heterocycles. The lowest BCUT2D eigenvalue weighted by atomic mass is 10.0. The number of nitrogens with zero attached hydrogens (tertiary/aromatic N) is 3. The van der Waals surface area contributed by atoms with E-state index in [1.165, 1.54) is 22.3 Å². The van der Waals surface area contributed by atoms with Gasteiger partial charge in [-0.25, -0.2) is 23.2 Å². The summed E-state index contributed by atoms with van der Waals surface area (Å²) in [6, 6.07) is 5.91.